The summed E-state index contributed by atoms with van der Waals surface area (Å²) in [7, 11) is 3.17. The molecule has 152 valence electrons. The summed E-state index contributed by atoms with van der Waals surface area (Å²) >= 11 is 1.71. The number of benzene rings is 2. The molecule has 1 fully saturated rings. The Hall–Kier alpha value is -3.00. The summed E-state index contributed by atoms with van der Waals surface area (Å²) in [5.74, 6) is 1.27. The highest BCUT2D eigenvalue weighted by Gasteiger charge is 2.23. The first-order valence-corrected chi connectivity index (χ1v) is 10.3. The van der Waals surface area contributed by atoms with Crippen molar-refractivity contribution in [2.45, 2.75) is 6.92 Å². The van der Waals surface area contributed by atoms with Crippen molar-refractivity contribution < 1.29 is 14.3 Å². The van der Waals surface area contributed by atoms with Gasteiger partial charge in [0.1, 0.15) is 11.5 Å². The molecule has 0 atom stereocenters. The number of hydrogen-bond donors (Lipinski definition) is 1. The fourth-order valence-corrected chi connectivity index (χ4v) is 4.45. The van der Waals surface area contributed by atoms with Gasteiger partial charge in [0, 0.05) is 50.1 Å². The number of methoxy groups -OCH3 is 2. The number of piperazine rings is 1. The maximum atomic E-state index is 12.7. The monoisotopic (exact) mass is 412 g/mol. The Labute approximate surface area is 173 Å². The van der Waals surface area contributed by atoms with Gasteiger partial charge in [-0.3, -0.25) is 0 Å². The van der Waals surface area contributed by atoms with Gasteiger partial charge in [-0.25, -0.2) is 9.78 Å². The Morgan fingerprint density at radius 3 is 2.38 bits per heavy atom. The van der Waals surface area contributed by atoms with Gasteiger partial charge >= 0.3 is 6.03 Å². The predicted molar refractivity (Wildman–Crippen MR) is 117 cm³/mol. The molecule has 2 aromatic carbocycles. The number of hydrogen-bond acceptors (Lipinski definition) is 6. The number of carbonyl (C=O) groups is 1. The van der Waals surface area contributed by atoms with Gasteiger partial charge < -0.3 is 24.6 Å². The summed E-state index contributed by atoms with van der Waals surface area (Å²) in [6, 6.07) is 11.5. The molecular formula is C21H24N4O3S. The van der Waals surface area contributed by atoms with Crippen LogP contribution in [0, 0.1) is 6.92 Å². The van der Waals surface area contributed by atoms with E-state index in [0.717, 1.165) is 23.7 Å². The molecule has 8 heteroatoms. The van der Waals surface area contributed by atoms with Gasteiger partial charge in [-0.15, -0.1) is 0 Å². The highest BCUT2D eigenvalue weighted by molar-refractivity contribution is 7.22. The highest BCUT2D eigenvalue weighted by atomic mass is 32.1. The lowest BCUT2D eigenvalue weighted by Gasteiger charge is -2.34. The van der Waals surface area contributed by atoms with Crippen LogP contribution in [0.4, 0.5) is 15.6 Å². The quantitative estimate of drug-likeness (QED) is 0.702. The molecule has 3 aromatic rings. The smallest absolute Gasteiger partial charge is 0.321 e. The maximum Gasteiger partial charge on any atom is 0.321 e. The van der Waals surface area contributed by atoms with Crippen LogP contribution in [0.3, 0.4) is 0 Å². The number of urea groups is 1. The first kappa shape index (κ1) is 19.3. The van der Waals surface area contributed by atoms with Gasteiger partial charge in [0.05, 0.1) is 24.4 Å². The van der Waals surface area contributed by atoms with E-state index in [-0.39, 0.29) is 6.03 Å². The molecule has 1 aliphatic heterocycles. The van der Waals surface area contributed by atoms with Crippen LogP contribution in [0.5, 0.6) is 11.5 Å². The molecule has 1 saturated heterocycles. The third kappa shape index (κ3) is 4.22. The van der Waals surface area contributed by atoms with Crippen LogP contribution in [0.2, 0.25) is 0 Å². The van der Waals surface area contributed by atoms with Crippen molar-refractivity contribution in [3.8, 4) is 11.5 Å². The van der Waals surface area contributed by atoms with Crippen molar-refractivity contribution in [2.75, 3.05) is 50.6 Å². The number of amides is 2. The van der Waals surface area contributed by atoms with E-state index in [1.54, 1.807) is 43.8 Å². The lowest BCUT2D eigenvalue weighted by molar-refractivity contribution is 0.208. The number of nitrogens with zero attached hydrogens (tertiary/aromatic N) is 3. The molecular weight excluding hydrogens is 388 g/mol. The molecule has 0 saturated carbocycles. The molecule has 0 aliphatic carbocycles. The van der Waals surface area contributed by atoms with Crippen LogP contribution in [-0.4, -0.2) is 56.3 Å². The summed E-state index contributed by atoms with van der Waals surface area (Å²) in [6.45, 7) is 4.89. The van der Waals surface area contributed by atoms with Gasteiger partial charge in [0.15, 0.2) is 5.13 Å². The topological polar surface area (TPSA) is 66.9 Å². The van der Waals surface area contributed by atoms with Crippen LogP contribution in [0.25, 0.3) is 10.2 Å². The minimum absolute atomic E-state index is 0.125. The SMILES string of the molecule is COc1cc(NC(=O)N2CCN(c3nc4ccc(C)cc4s3)CC2)cc(OC)c1. The molecule has 1 aliphatic rings. The lowest BCUT2D eigenvalue weighted by atomic mass is 10.2. The van der Waals surface area contributed by atoms with Crippen molar-refractivity contribution in [2.24, 2.45) is 0 Å². The second-order valence-electron chi connectivity index (χ2n) is 6.97. The van der Waals surface area contributed by atoms with Crippen LogP contribution in [0.1, 0.15) is 5.56 Å². The van der Waals surface area contributed by atoms with E-state index >= 15 is 0 Å². The van der Waals surface area contributed by atoms with Crippen LogP contribution >= 0.6 is 11.3 Å². The van der Waals surface area contributed by atoms with E-state index in [0.29, 0.717) is 30.3 Å². The van der Waals surface area contributed by atoms with Crippen LogP contribution in [0.15, 0.2) is 36.4 Å². The second-order valence-corrected chi connectivity index (χ2v) is 7.98. The Morgan fingerprint density at radius 2 is 1.72 bits per heavy atom. The van der Waals surface area contributed by atoms with Crippen LogP contribution in [-0.2, 0) is 0 Å². The molecule has 2 heterocycles. The first-order valence-electron chi connectivity index (χ1n) is 9.47. The van der Waals surface area contributed by atoms with E-state index in [1.165, 1.54) is 10.3 Å². The zero-order valence-corrected chi connectivity index (χ0v) is 17.6. The fraction of sp³-hybridized carbons (Fsp3) is 0.333. The van der Waals surface area contributed by atoms with E-state index in [2.05, 4.69) is 35.3 Å². The average molecular weight is 413 g/mol. The van der Waals surface area contributed by atoms with E-state index in [1.807, 2.05) is 4.90 Å². The van der Waals surface area contributed by atoms with Crippen molar-refractivity contribution in [1.29, 1.82) is 0 Å². The average Bonchev–Trinajstić information content (AvgIpc) is 3.16. The number of nitrogens with one attached hydrogen (secondary N) is 1. The summed E-state index contributed by atoms with van der Waals surface area (Å²) in [6.07, 6.45) is 0. The third-order valence-electron chi connectivity index (χ3n) is 4.97. The molecule has 2 amide bonds. The Kier molecular flexibility index (Phi) is 5.44. The van der Waals surface area contributed by atoms with Crippen molar-refractivity contribution in [3.05, 3.63) is 42.0 Å². The summed E-state index contributed by atoms with van der Waals surface area (Å²) in [5, 5.41) is 3.96. The standard InChI is InChI=1S/C21H24N4O3S/c1-14-4-5-18-19(10-14)29-21(23-18)25-8-6-24(7-9-25)20(26)22-15-11-16(27-2)13-17(12-15)28-3/h4-5,10-13H,6-9H2,1-3H3,(H,22,26). The zero-order chi connectivity index (χ0) is 20.4. The van der Waals surface area contributed by atoms with Crippen molar-refractivity contribution >= 4 is 38.4 Å². The molecule has 0 bridgehead atoms. The number of ether oxygens (including phenoxy) is 2. The lowest BCUT2D eigenvalue weighted by Crippen LogP contribution is -2.50. The largest absolute Gasteiger partial charge is 0.497 e. The summed E-state index contributed by atoms with van der Waals surface area (Å²) in [4.78, 5) is 21.5. The van der Waals surface area contributed by atoms with Crippen molar-refractivity contribution in [3.63, 3.8) is 0 Å². The minimum Gasteiger partial charge on any atom is -0.497 e. The number of aryl methyl sites for hydroxylation is 1. The molecule has 0 unspecified atom stereocenters. The van der Waals surface area contributed by atoms with E-state index < -0.39 is 0 Å². The normalized spacial score (nSPS) is 14.2. The molecule has 1 aromatic heterocycles. The third-order valence-corrected chi connectivity index (χ3v) is 6.05. The predicted octanol–water partition coefficient (Wildman–Crippen LogP) is 3.98. The van der Waals surface area contributed by atoms with Gasteiger partial charge in [-0.2, -0.15) is 0 Å². The molecule has 29 heavy (non-hydrogen) atoms. The van der Waals surface area contributed by atoms with E-state index in [4.69, 9.17) is 14.5 Å². The van der Waals surface area contributed by atoms with Gasteiger partial charge in [-0.1, -0.05) is 17.4 Å². The summed E-state index contributed by atoms with van der Waals surface area (Å²) < 4.78 is 11.7. The van der Waals surface area contributed by atoms with Gasteiger partial charge in [-0.05, 0) is 24.6 Å². The fourth-order valence-electron chi connectivity index (χ4n) is 3.34. The van der Waals surface area contributed by atoms with Gasteiger partial charge in [0.25, 0.3) is 0 Å². The number of thiazole rings is 1. The Bertz CT molecular complexity index is 1010. The van der Waals surface area contributed by atoms with Gasteiger partial charge in [0.2, 0.25) is 0 Å². The highest BCUT2D eigenvalue weighted by Crippen LogP contribution is 2.30. The minimum atomic E-state index is -0.125. The molecule has 0 radical (unpaired) electrons. The zero-order valence-electron chi connectivity index (χ0n) is 16.8. The number of fused-ring (bicyclic) bond motifs is 1. The Balaban J connectivity index is 1.39. The Morgan fingerprint density at radius 1 is 1.03 bits per heavy atom. The number of anilines is 2. The number of aromatic nitrogens is 1. The second kappa shape index (κ2) is 8.16. The molecule has 7 nitrogen and oxygen atoms in total. The summed E-state index contributed by atoms with van der Waals surface area (Å²) in [5.41, 5.74) is 2.92. The number of rotatable bonds is 4. The first-order chi connectivity index (χ1) is 14.1. The molecule has 0 spiro atoms. The van der Waals surface area contributed by atoms with E-state index in [9.17, 15) is 4.79 Å². The maximum absolute atomic E-state index is 12.7. The van der Waals surface area contributed by atoms with Crippen molar-refractivity contribution in [1.82, 2.24) is 9.88 Å². The van der Waals surface area contributed by atoms with Crippen LogP contribution < -0.4 is 19.7 Å². The number of carbonyl (C=O) groups excluding carboxylic acids is 1. The molecule has 1 N–H and O–H groups in total. The molecule has 4 rings (SSSR count).